The molecule has 0 saturated heterocycles. The predicted octanol–water partition coefficient (Wildman–Crippen LogP) is 4.49. The topological polar surface area (TPSA) is 21.3 Å². The predicted molar refractivity (Wildman–Crippen MR) is 76.5 cm³/mol. The summed E-state index contributed by atoms with van der Waals surface area (Å²) in [4.78, 5) is 0. The number of alkyl halides is 3. The standard InChI is InChI=1S/C15H19ClF3NO/c16-13-5-2-1-4-12(13)14(10-20-11-6-7-11)21-9-3-8-15(17,18)19/h1-2,4-5,11,14,20H,3,6-10H2. The van der Waals surface area contributed by atoms with E-state index in [2.05, 4.69) is 5.32 Å². The second kappa shape index (κ2) is 7.47. The van der Waals surface area contributed by atoms with E-state index in [1.165, 1.54) is 0 Å². The molecule has 21 heavy (non-hydrogen) atoms. The third kappa shape index (κ3) is 6.24. The SMILES string of the molecule is FC(F)(F)CCCOC(CNC1CC1)c1ccccc1Cl. The molecular weight excluding hydrogens is 303 g/mol. The molecule has 1 N–H and O–H groups in total. The molecule has 1 atom stereocenters. The maximum atomic E-state index is 12.1. The molecule has 1 aliphatic carbocycles. The van der Waals surface area contributed by atoms with E-state index in [1.807, 2.05) is 18.2 Å². The van der Waals surface area contributed by atoms with Crippen molar-refractivity contribution in [1.82, 2.24) is 5.32 Å². The van der Waals surface area contributed by atoms with Crippen LogP contribution in [0.5, 0.6) is 0 Å². The number of rotatable bonds is 8. The van der Waals surface area contributed by atoms with Crippen molar-refractivity contribution in [3.05, 3.63) is 34.9 Å². The molecule has 0 bridgehead atoms. The Bertz CT molecular complexity index is 449. The molecule has 1 aromatic carbocycles. The van der Waals surface area contributed by atoms with E-state index >= 15 is 0 Å². The Morgan fingerprint density at radius 3 is 2.62 bits per heavy atom. The van der Waals surface area contributed by atoms with Crippen molar-refractivity contribution in [1.29, 1.82) is 0 Å². The van der Waals surface area contributed by atoms with Crippen molar-refractivity contribution in [2.75, 3.05) is 13.2 Å². The highest BCUT2D eigenvalue weighted by atomic mass is 35.5. The van der Waals surface area contributed by atoms with Gasteiger partial charge in [-0.3, -0.25) is 0 Å². The summed E-state index contributed by atoms with van der Waals surface area (Å²) in [6.45, 7) is 0.641. The van der Waals surface area contributed by atoms with Crippen molar-refractivity contribution in [2.24, 2.45) is 0 Å². The van der Waals surface area contributed by atoms with Gasteiger partial charge in [-0.25, -0.2) is 0 Å². The third-order valence-corrected chi connectivity index (χ3v) is 3.69. The van der Waals surface area contributed by atoms with E-state index in [4.69, 9.17) is 16.3 Å². The van der Waals surface area contributed by atoms with Crippen LogP contribution in [0.15, 0.2) is 24.3 Å². The lowest BCUT2D eigenvalue weighted by atomic mass is 10.1. The fourth-order valence-corrected chi connectivity index (χ4v) is 2.31. The Balaban J connectivity index is 1.87. The Labute approximate surface area is 127 Å². The van der Waals surface area contributed by atoms with Crippen LogP contribution in [0.2, 0.25) is 5.02 Å². The molecule has 0 spiro atoms. The minimum Gasteiger partial charge on any atom is -0.372 e. The number of nitrogens with one attached hydrogen (secondary N) is 1. The summed E-state index contributed by atoms with van der Waals surface area (Å²) in [5.41, 5.74) is 0.819. The van der Waals surface area contributed by atoms with Gasteiger partial charge in [0.2, 0.25) is 0 Å². The Kier molecular flexibility index (Phi) is 5.90. The molecule has 0 amide bonds. The summed E-state index contributed by atoms with van der Waals surface area (Å²) in [5.74, 6) is 0. The number of ether oxygens (including phenoxy) is 1. The lowest BCUT2D eigenvalue weighted by Crippen LogP contribution is -2.26. The highest BCUT2D eigenvalue weighted by Gasteiger charge is 2.27. The zero-order chi connectivity index (χ0) is 15.3. The van der Waals surface area contributed by atoms with Crippen molar-refractivity contribution in [3.8, 4) is 0 Å². The Morgan fingerprint density at radius 1 is 1.29 bits per heavy atom. The van der Waals surface area contributed by atoms with Crippen LogP contribution in [0.4, 0.5) is 13.2 Å². The first-order valence-electron chi connectivity index (χ1n) is 7.12. The smallest absolute Gasteiger partial charge is 0.372 e. The van der Waals surface area contributed by atoms with Crippen molar-refractivity contribution in [2.45, 2.75) is 44.0 Å². The summed E-state index contributed by atoms with van der Waals surface area (Å²) in [5, 5.41) is 3.91. The van der Waals surface area contributed by atoms with Crippen LogP contribution in [0.1, 0.15) is 37.4 Å². The van der Waals surface area contributed by atoms with E-state index in [-0.39, 0.29) is 19.1 Å². The van der Waals surface area contributed by atoms with Crippen molar-refractivity contribution >= 4 is 11.6 Å². The lowest BCUT2D eigenvalue weighted by Gasteiger charge is -2.20. The number of hydrogen-bond acceptors (Lipinski definition) is 2. The summed E-state index contributed by atoms with van der Waals surface area (Å²) >= 11 is 6.15. The van der Waals surface area contributed by atoms with Crippen molar-refractivity contribution < 1.29 is 17.9 Å². The minimum absolute atomic E-state index is 0.0338. The molecular formula is C15H19ClF3NO. The van der Waals surface area contributed by atoms with E-state index in [0.29, 0.717) is 17.6 Å². The van der Waals surface area contributed by atoms with Gasteiger partial charge in [0.1, 0.15) is 0 Å². The molecule has 118 valence electrons. The van der Waals surface area contributed by atoms with E-state index in [0.717, 1.165) is 18.4 Å². The first-order valence-corrected chi connectivity index (χ1v) is 7.49. The van der Waals surface area contributed by atoms with Crippen LogP contribution >= 0.6 is 11.6 Å². The summed E-state index contributed by atoms with van der Waals surface area (Å²) < 4.78 is 42.1. The molecule has 1 aliphatic rings. The number of halogens is 4. The van der Waals surface area contributed by atoms with Gasteiger partial charge in [-0.05, 0) is 25.3 Å². The second-order valence-electron chi connectivity index (χ2n) is 5.28. The third-order valence-electron chi connectivity index (χ3n) is 3.34. The van der Waals surface area contributed by atoms with Crippen LogP contribution in [0.3, 0.4) is 0 Å². The zero-order valence-corrected chi connectivity index (χ0v) is 12.4. The van der Waals surface area contributed by atoms with Crippen LogP contribution in [-0.2, 0) is 4.74 Å². The number of benzene rings is 1. The van der Waals surface area contributed by atoms with Gasteiger partial charge >= 0.3 is 6.18 Å². The molecule has 0 aromatic heterocycles. The maximum Gasteiger partial charge on any atom is 0.389 e. The largest absolute Gasteiger partial charge is 0.389 e. The normalized spacial score (nSPS) is 17.0. The molecule has 1 unspecified atom stereocenters. The molecule has 0 radical (unpaired) electrons. The fourth-order valence-electron chi connectivity index (χ4n) is 2.05. The van der Waals surface area contributed by atoms with Gasteiger partial charge in [-0.15, -0.1) is 0 Å². The van der Waals surface area contributed by atoms with Crippen LogP contribution in [-0.4, -0.2) is 25.4 Å². The molecule has 1 fully saturated rings. The van der Waals surface area contributed by atoms with Gasteiger partial charge in [0, 0.05) is 36.2 Å². The highest BCUT2D eigenvalue weighted by Crippen LogP contribution is 2.28. The highest BCUT2D eigenvalue weighted by molar-refractivity contribution is 6.31. The summed E-state index contributed by atoms with van der Waals surface area (Å²) in [6.07, 6.45) is -3.01. The quantitative estimate of drug-likeness (QED) is 0.712. The monoisotopic (exact) mass is 321 g/mol. The van der Waals surface area contributed by atoms with E-state index in [9.17, 15) is 13.2 Å². The summed E-state index contributed by atoms with van der Waals surface area (Å²) in [6, 6.07) is 7.80. The van der Waals surface area contributed by atoms with E-state index < -0.39 is 12.6 Å². The van der Waals surface area contributed by atoms with Crippen LogP contribution in [0, 0.1) is 0 Å². The molecule has 6 heteroatoms. The average molecular weight is 322 g/mol. The van der Waals surface area contributed by atoms with E-state index in [1.54, 1.807) is 6.07 Å². The first kappa shape index (κ1) is 16.6. The number of hydrogen-bond donors (Lipinski definition) is 1. The molecule has 0 heterocycles. The Morgan fingerprint density at radius 2 is 2.00 bits per heavy atom. The molecule has 1 saturated carbocycles. The van der Waals surface area contributed by atoms with Gasteiger partial charge < -0.3 is 10.1 Å². The van der Waals surface area contributed by atoms with Crippen LogP contribution < -0.4 is 5.32 Å². The summed E-state index contributed by atoms with van der Waals surface area (Å²) in [7, 11) is 0. The Hall–Kier alpha value is -0.780. The van der Waals surface area contributed by atoms with Gasteiger partial charge in [0.15, 0.2) is 0 Å². The molecule has 0 aliphatic heterocycles. The first-order chi connectivity index (χ1) is 9.96. The van der Waals surface area contributed by atoms with Gasteiger partial charge in [0.05, 0.1) is 6.10 Å². The molecule has 2 nitrogen and oxygen atoms in total. The van der Waals surface area contributed by atoms with Crippen LogP contribution in [0.25, 0.3) is 0 Å². The molecule has 1 aromatic rings. The van der Waals surface area contributed by atoms with Crippen molar-refractivity contribution in [3.63, 3.8) is 0 Å². The molecule has 2 rings (SSSR count). The fraction of sp³-hybridized carbons (Fsp3) is 0.600. The lowest BCUT2D eigenvalue weighted by molar-refractivity contribution is -0.138. The van der Waals surface area contributed by atoms with Gasteiger partial charge in [-0.1, -0.05) is 29.8 Å². The van der Waals surface area contributed by atoms with Gasteiger partial charge in [-0.2, -0.15) is 13.2 Å². The average Bonchev–Trinajstić information content (AvgIpc) is 3.22. The maximum absolute atomic E-state index is 12.1. The zero-order valence-electron chi connectivity index (χ0n) is 11.6. The minimum atomic E-state index is -4.13. The second-order valence-corrected chi connectivity index (χ2v) is 5.69. The van der Waals surface area contributed by atoms with Gasteiger partial charge in [0.25, 0.3) is 0 Å².